The van der Waals surface area contributed by atoms with E-state index in [1.807, 2.05) is 0 Å². The third-order valence-electron chi connectivity index (χ3n) is 3.94. The van der Waals surface area contributed by atoms with Gasteiger partial charge in [-0.25, -0.2) is 0 Å². The average Bonchev–Trinajstić information content (AvgIpc) is 2.74. The molecule has 152 valence electrons. The molecule has 0 atom stereocenters. The average molecular weight is 391 g/mol. The highest BCUT2D eigenvalue weighted by molar-refractivity contribution is 5.95. The van der Waals surface area contributed by atoms with Gasteiger partial charge in [0.2, 0.25) is 11.5 Å². The minimum Gasteiger partial charge on any atom is -0.493 e. The second-order valence-electron chi connectivity index (χ2n) is 5.51. The van der Waals surface area contributed by atoms with Crippen LogP contribution >= 0.6 is 0 Å². The maximum absolute atomic E-state index is 12.5. The summed E-state index contributed by atoms with van der Waals surface area (Å²) in [4.78, 5) is 12.5. The lowest BCUT2D eigenvalue weighted by Gasteiger charge is -2.15. The smallest absolute Gasteiger partial charge is 0.251 e. The van der Waals surface area contributed by atoms with Crippen molar-refractivity contribution in [2.24, 2.45) is 0 Å². The molecule has 0 bridgehead atoms. The molecule has 2 rings (SSSR count). The molecule has 0 spiro atoms. The van der Waals surface area contributed by atoms with Crippen molar-refractivity contribution >= 4 is 5.91 Å². The Morgan fingerprint density at radius 1 is 0.786 bits per heavy atom. The van der Waals surface area contributed by atoms with E-state index in [1.165, 1.54) is 28.4 Å². The van der Waals surface area contributed by atoms with Crippen LogP contribution in [0.1, 0.15) is 10.4 Å². The number of rotatable bonds is 10. The van der Waals surface area contributed by atoms with Crippen LogP contribution in [0.4, 0.5) is 0 Å². The number of ether oxygens (including phenoxy) is 6. The van der Waals surface area contributed by atoms with Gasteiger partial charge in [0.25, 0.3) is 5.91 Å². The van der Waals surface area contributed by atoms with Crippen LogP contribution in [0.5, 0.6) is 34.5 Å². The zero-order valence-corrected chi connectivity index (χ0v) is 16.7. The van der Waals surface area contributed by atoms with Gasteiger partial charge >= 0.3 is 0 Å². The van der Waals surface area contributed by atoms with Crippen molar-refractivity contribution in [3.63, 3.8) is 0 Å². The Hall–Kier alpha value is -3.29. The van der Waals surface area contributed by atoms with Crippen LogP contribution in [0.3, 0.4) is 0 Å². The van der Waals surface area contributed by atoms with Gasteiger partial charge in [0.15, 0.2) is 23.0 Å². The van der Waals surface area contributed by atoms with E-state index < -0.39 is 0 Å². The van der Waals surface area contributed by atoms with Crippen molar-refractivity contribution in [1.29, 1.82) is 0 Å². The molecule has 0 radical (unpaired) electrons. The Bertz CT molecular complexity index is 782. The molecule has 0 heterocycles. The van der Waals surface area contributed by atoms with Crippen LogP contribution in [-0.2, 0) is 0 Å². The number of hydrogen-bond donors (Lipinski definition) is 1. The van der Waals surface area contributed by atoms with Crippen molar-refractivity contribution in [2.75, 3.05) is 48.7 Å². The zero-order valence-electron chi connectivity index (χ0n) is 16.7. The molecule has 1 N–H and O–H groups in total. The third kappa shape index (κ3) is 4.70. The molecule has 2 aromatic rings. The minimum absolute atomic E-state index is 0.250. The van der Waals surface area contributed by atoms with Gasteiger partial charge < -0.3 is 33.7 Å². The maximum Gasteiger partial charge on any atom is 0.251 e. The maximum atomic E-state index is 12.5. The van der Waals surface area contributed by atoms with Gasteiger partial charge in [0, 0.05) is 5.56 Å². The molecule has 2 aromatic carbocycles. The fraction of sp³-hybridized carbons (Fsp3) is 0.350. The number of benzene rings is 2. The largest absolute Gasteiger partial charge is 0.493 e. The quantitative estimate of drug-likeness (QED) is 0.623. The van der Waals surface area contributed by atoms with Crippen LogP contribution in [0.15, 0.2) is 30.3 Å². The molecular weight excluding hydrogens is 366 g/mol. The van der Waals surface area contributed by atoms with E-state index in [2.05, 4.69) is 5.32 Å². The predicted molar refractivity (Wildman–Crippen MR) is 103 cm³/mol. The SMILES string of the molecule is COc1cc(C(=O)NCCOc2cccc(OC)c2OC)cc(OC)c1OC. The molecule has 8 heteroatoms. The first-order valence-corrected chi connectivity index (χ1v) is 8.51. The summed E-state index contributed by atoms with van der Waals surface area (Å²) in [6.07, 6.45) is 0. The first-order valence-electron chi connectivity index (χ1n) is 8.51. The summed E-state index contributed by atoms with van der Waals surface area (Å²) in [6, 6.07) is 8.51. The molecule has 0 aromatic heterocycles. The van der Waals surface area contributed by atoms with Crippen LogP contribution in [0.2, 0.25) is 0 Å². The summed E-state index contributed by atoms with van der Waals surface area (Å²) in [5.41, 5.74) is 0.383. The molecule has 28 heavy (non-hydrogen) atoms. The van der Waals surface area contributed by atoms with Crippen LogP contribution in [-0.4, -0.2) is 54.6 Å². The van der Waals surface area contributed by atoms with E-state index in [-0.39, 0.29) is 19.1 Å². The van der Waals surface area contributed by atoms with Gasteiger partial charge in [-0.1, -0.05) is 6.07 Å². The van der Waals surface area contributed by atoms with E-state index in [4.69, 9.17) is 28.4 Å². The Balaban J connectivity index is 2.00. The fourth-order valence-electron chi connectivity index (χ4n) is 2.61. The normalized spacial score (nSPS) is 10.0. The zero-order chi connectivity index (χ0) is 20.5. The van der Waals surface area contributed by atoms with Gasteiger partial charge in [-0.15, -0.1) is 0 Å². The van der Waals surface area contributed by atoms with Gasteiger partial charge in [-0.05, 0) is 24.3 Å². The number of carbonyl (C=O) groups is 1. The Morgan fingerprint density at radius 2 is 1.32 bits per heavy atom. The van der Waals surface area contributed by atoms with E-state index in [9.17, 15) is 4.79 Å². The van der Waals surface area contributed by atoms with Crippen LogP contribution < -0.4 is 33.7 Å². The molecule has 0 saturated carbocycles. The molecule has 0 unspecified atom stereocenters. The summed E-state index contributed by atoms with van der Waals surface area (Å²) < 4.78 is 32.0. The lowest BCUT2D eigenvalue weighted by atomic mass is 10.1. The van der Waals surface area contributed by atoms with Gasteiger partial charge in [-0.3, -0.25) is 4.79 Å². The second-order valence-corrected chi connectivity index (χ2v) is 5.51. The van der Waals surface area contributed by atoms with E-state index >= 15 is 0 Å². The summed E-state index contributed by atoms with van der Waals surface area (Å²) in [5, 5.41) is 2.79. The molecule has 0 saturated heterocycles. The second kappa shape index (κ2) is 10.1. The van der Waals surface area contributed by atoms with Crippen LogP contribution in [0.25, 0.3) is 0 Å². The number of methoxy groups -OCH3 is 5. The molecule has 8 nitrogen and oxygen atoms in total. The van der Waals surface area contributed by atoms with Crippen molar-refractivity contribution in [1.82, 2.24) is 5.32 Å². The highest BCUT2D eigenvalue weighted by atomic mass is 16.5. The van der Waals surface area contributed by atoms with E-state index in [0.717, 1.165) is 0 Å². The lowest BCUT2D eigenvalue weighted by Crippen LogP contribution is -2.28. The predicted octanol–water partition coefficient (Wildman–Crippen LogP) is 2.54. The van der Waals surface area contributed by atoms with E-state index in [1.54, 1.807) is 37.4 Å². The van der Waals surface area contributed by atoms with Crippen molar-refractivity contribution in [2.45, 2.75) is 0 Å². The molecule has 1 amide bonds. The summed E-state index contributed by atoms with van der Waals surface area (Å²) in [5.74, 6) is 2.55. The highest BCUT2D eigenvalue weighted by Crippen LogP contribution is 2.38. The first kappa shape index (κ1) is 21.0. The Kier molecular flexibility index (Phi) is 7.62. The molecule has 0 aliphatic carbocycles. The third-order valence-corrected chi connectivity index (χ3v) is 3.94. The van der Waals surface area contributed by atoms with Gasteiger partial charge in [0.05, 0.1) is 42.1 Å². The first-order chi connectivity index (χ1) is 13.6. The molecule has 0 aliphatic heterocycles. The molecular formula is C20H25NO7. The number of carbonyl (C=O) groups excluding carboxylic acids is 1. The van der Waals surface area contributed by atoms with Crippen LogP contribution in [0, 0.1) is 0 Å². The topological polar surface area (TPSA) is 84.5 Å². The summed E-state index contributed by atoms with van der Waals surface area (Å²) in [6.45, 7) is 0.537. The molecule has 0 fully saturated rings. The molecule has 0 aliphatic rings. The Labute approximate surface area is 164 Å². The van der Waals surface area contributed by atoms with Crippen molar-refractivity contribution in [3.8, 4) is 34.5 Å². The lowest BCUT2D eigenvalue weighted by molar-refractivity contribution is 0.0946. The number of para-hydroxylation sites is 1. The fourth-order valence-corrected chi connectivity index (χ4v) is 2.61. The van der Waals surface area contributed by atoms with Crippen molar-refractivity contribution < 1.29 is 33.2 Å². The van der Waals surface area contributed by atoms with Crippen molar-refractivity contribution in [3.05, 3.63) is 35.9 Å². The van der Waals surface area contributed by atoms with Gasteiger partial charge in [-0.2, -0.15) is 0 Å². The number of hydrogen-bond acceptors (Lipinski definition) is 7. The monoisotopic (exact) mass is 391 g/mol. The standard InChI is InChI=1S/C20H25NO7/c1-23-14-7-6-8-15(18(14)26-4)28-10-9-21-20(22)13-11-16(24-2)19(27-5)17(12-13)25-3/h6-8,11-12H,9-10H2,1-5H3,(H,21,22). The number of nitrogens with one attached hydrogen (secondary N) is 1. The Morgan fingerprint density at radius 3 is 1.86 bits per heavy atom. The van der Waals surface area contributed by atoms with Gasteiger partial charge in [0.1, 0.15) is 6.61 Å². The summed E-state index contributed by atoms with van der Waals surface area (Å²) >= 11 is 0. The number of amides is 1. The highest BCUT2D eigenvalue weighted by Gasteiger charge is 2.17. The minimum atomic E-state index is -0.291. The summed E-state index contributed by atoms with van der Waals surface area (Å²) in [7, 11) is 7.59. The van der Waals surface area contributed by atoms with E-state index in [0.29, 0.717) is 40.1 Å².